The van der Waals surface area contributed by atoms with Gasteiger partial charge >= 0.3 is 5.51 Å². The summed E-state index contributed by atoms with van der Waals surface area (Å²) >= 11 is 1.21. The summed E-state index contributed by atoms with van der Waals surface area (Å²) in [6.45, 7) is 0. The van der Waals surface area contributed by atoms with Gasteiger partial charge in [0.1, 0.15) is 9.52 Å². The largest absolute Gasteiger partial charge is 0.446 e. The average molecular weight is 323 g/mol. The van der Waals surface area contributed by atoms with Crippen LogP contribution in [0.25, 0.3) is 0 Å². The van der Waals surface area contributed by atoms with Crippen molar-refractivity contribution in [1.82, 2.24) is 4.98 Å². The molecule has 1 aromatic rings. The molecular weight excluding hydrogens is 321 g/mol. The van der Waals surface area contributed by atoms with Gasteiger partial charge in [0.25, 0.3) is 0 Å². The SMILES string of the molecule is Fc1cc(I)ncc1SC(F)(F)F. The van der Waals surface area contributed by atoms with Gasteiger partial charge in [0.15, 0.2) is 0 Å². The van der Waals surface area contributed by atoms with Crippen molar-refractivity contribution in [3.63, 3.8) is 0 Å². The molecule has 1 rings (SSSR count). The number of rotatable bonds is 1. The normalized spacial score (nSPS) is 11.8. The number of hydrogen-bond donors (Lipinski definition) is 0. The molecule has 13 heavy (non-hydrogen) atoms. The van der Waals surface area contributed by atoms with E-state index in [1.54, 1.807) is 22.6 Å². The van der Waals surface area contributed by atoms with Crippen LogP contribution in [0.4, 0.5) is 17.6 Å². The molecule has 0 aliphatic carbocycles. The first kappa shape index (κ1) is 11.0. The van der Waals surface area contributed by atoms with Gasteiger partial charge in [0.2, 0.25) is 0 Å². The van der Waals surface area contributed by atoms with Crippen LogP contribution in [0, 0.1) is 9.52 Å². The Morgan fingerprint density at radius 1 is 1.38 bits per heavy atom. The van der Waals surface area contributed by atoms with Gasteiger partial charge in [-0.3, -0.25) is 0 Å². The Kier molecular flexibility index (Phi) is 3.38. The number of thioether (sulfide) groups is 1. The van der Waals surface area contributed by atoms with Gasteiger partial charge in [-0.1, -0.05) is 0 Å². The van der Waals surface area contributed by atoms with Crippen molar-refractivity contribution in [3.05, 3.63) is 21.8 Å². The number of alkyl halides is 3. The number of pyridine rings is 1. The van der Waals surface area contributed by atoms with E-state index in [4.69, 9.17) is 0 Å². The van der Waals surface area contributed by atoms with Gasteiger partial charge < -0.3 is 0 Å². The van der Waals surface area contributed by atoms with E-state index in [1.807, 2.05) is 0 Å². The zero-order chi connectivity index (χ0) is 10.1. The minimum Gasteiger partial charge on any atom is -0.249 e. The van der Waals surface area contributed by atoms with E-state index < -0.39 is 28.0 Å². The predicted molar refractivity (Wildman–Crippen MR) is 48.8 cm³/mol. The average Bonchev–Trinajstić information content (AvgIpc) is 1.93. The molecule has 72 valence electrons. The van der Waals surface area contributed by atoms with Gasteiger partial charge in [-0.15, -0.1) is 0 Å². The highest BCUT2D eigenvalue weighted by Crippen LogP contribution is 2.37. The van der Waals surface area contributed by atoms with Crippen LogP contribution in [-0.2, 0) is 0 Å². The highest BCUT2D eigenvalue weighted by molar-refractivity contribution is 14.1. The molecule has 0 aliphatic rings. The summed E-state index contributed by atoms with van der Waals surface area (Å²) < 4.78 is 48.5. The number of aromatic nitrogens is 1. The summed E-state index contributed by atoms with van der Waals surface area (Å²) in [6.07, 6.45) is 0.870. The lowest BCUT2D eigenvalue weighted by Crippen LogP contribution is -2.01. The zero-order valence-electron chi connectivity index (χ0n) is 5.90. The molecule has 0 fully saturated rings. The van der Waals surface area contributed by atoms with Crippen molar-refractivity contribution in [2.24, 2.45) is 0 Å². The lowest BCUT2D eigenvalue weighted by molar-refractivity contribution is -0.0329. The molecule has 1 aromatic heterocycles. The van der Waals surface area contributed by atoms with Crippen molar-refractivity contribution in [1.29, 1.82) is 0 Å². The minimum atomic E-state index is -4.48. The van der Waals surface area contributed by atoms with Gasteiger partial charge in [0.05, 0.1) is 4.90 Å². The molecule has 0 saturated carbocycles. The quantitative estimate of drug-likeness (QED) is 0.340. The van der Waals surface area contributed by atoms with E-state index >= 15 is 0 Å². The Morgan fingerprint density at radius 2 is 2.00 bits per heavy atom. The molecule has 1 nitrogen and oxygen atoms in total. The van der Waals surface area contributed by atoms with Crippen molar-refractivity contribution in [2.75, 3.05) is 0 Å². The molecule has 0 atom stereocenters. The van der Waals surface area contributed by atoms with Crippen LogP contribution in [0.15, 0.2) is 17.2 Å². The second-order valence-electron chi connectivity index (χ2n) is 1.99. The topological polar surface area (TPSA) is 12.9 Å². The smallest absolute Gasteiger partial charge is 0.249 e. The fourth-order valence-electron chi connectivity index (χ4n) is 0.595. The maximum Gasteiger partial charge on any atom is 0.446 e. The van der Waals surface area contributed by atoms with Crippen LogP contribution < -0.4 is 0 Å². The van der Waals surface area contributed by atoms with Crippen LogP contribution in [0.1, 0.15) is 0 Å². The van der Waals surface area contributed by atoms with Crippen molar-refractivity contribution in [2.45, 2.75) is 10.4 Å². The second-order valence-corrected chi connectivity index (χ2v) is 4.20. The van der Waals surface area contributed by atoms with Crippen LogP contribution in [-0.4, -0.2) is 10.5 Å². The standard InChI is InChI=1S/C6H2F4INS/c7-3-1-5(11)12-2-4(3)13-6(8,9)10/h1-2H. The van der Waals surface area contributed by atoms with Crippen LogP contribution in [0.2, 0.25) is 0 Å². The second kappa shape index (κ2) is 3.99. The maximum atomic E-state index is 12.8. The molecule has 0 spiro atoms. The van der Waals surface area contributed by atoms with E-state index in [2.05, 4.69) is 4.98 Å². The van der Waals surface area contributed by atoms with E-state index in [9.17, 15) is 17.6 Å². The van der Waals surface area contributed by atoms with Crippen LogP contribution in [0.3, 0.4) is 0 Å². The van der Waals surface area contributed by atoms with Crippen molar-refractivity contribution in [3.8, 4) is 0 Å². The molecule has 0 saturated heterocycles. The summed E-state index contributed by atoms with van der Waals surface area (Å²) in [5, 5.41) is 0. The molecule has 0 aromatic carbocycles. The summed E-state index contributed by atoms with van der Waals surface area (Å²) in [5.74, 6) is -0.901. The fourth-order valence-corrected chi connectivity index (χ4v) is 1.52. The van der Waals surface area contributed by atoms with E-state index in [-0.39, 0.29) is 0 Å². The van der Waals surface area contributed by atoms with Crippen LogP contribution in [0.5, 0.6) is 0 Å². The monoisotopic (exact) mass is 323 g/mol. The lowest BCUT2D eigenvalue weighted by Gasteiger charge is -2.05. The molecule has 0 bridgehead atoms. The lowest BCUT2D eigenvalue weighted by atomic mass is 10.5. The van der Waals surface area contributed by atoms with E-state index in [0.29, 0.717) is 3.70 Å². The Balaban J connectivity index is 2.90. The zero-order valence-corrected chi connectivity index (χ0v) is 8.87. The predicted octanol–water partition coefficient (Wildman–Crippen LogP) is 3.44. The van der Waals surface area contributed by atoms with Gasteiger partial charge in [-0.05, 0) is 34.4 Å². The summed E-state index contributed by atoms with van der Waals surface area (Å²) in [4.78, 5) is 3.04. The third-order valence-electron chi connectivity index (χ3n) is 1.01. The first-order valence-corrected chi connectivity index (χ1v) is 4.85. The third kappa shape index (κ3) is 3.67. The summed E-state index contributed by atoms with van der Waals surface area (Å²) in [5.41, 5.74) is -4.48. The molecule has 1 heterocycles. The van der Waals surface area contributed by atoms with Crippen LogP contribution >= 0.6 is 34.4 Å². The molecular formula is C6H2F4INS. The molecule has 0 aliphatic heterocycles. The fraction of sp³-hybridized carbons (Fsp3) is 0.167. The summed E-state index contributed by atoms with van der Waals surface area (Å²) in [7, 11) is 0. The first-order valence-electron chi connectivity index (χ1n) is 2.95. The molecule has 0 N–H and O–H groups in total. The Morgan fingerprint density at radius 3 is 2.46 bits per heavy atom. The number of halogens is 5. The Bertz CT molecular complexity index is 314. The Labute approximate surface area is 89.1 Å². The van der Waals surface area contributed by atoms with Crippen molar-refractivity contribution >= 4 is 34.4 Å². The van der Waals surface area contributed by atoms with Gasteiger partial charge in [0, 0.05) is 12.3 Å². The van der Waals surface area contributed by atoms with E-state index in [1.165, 1.54) is 0 Å². The van der Waals surface area contributed by atoms with Crippen molar-refractivity contribution < 1.29 is 17.6 Å². The molecule has 0 radical (unpaired) electrons. The molecule has 0 unspecified atom stereocenters. The first-order chi connectivity index (χ1) is 5.88. The number of hydrogen-bond acceptors (Lipinski definition) is 2. The van der Waals surface area contributed by atoms with Gasteiger partial charge in [-0.2, -0.15) is 13.2 Å². The highest BCUT2D eigenvalue weighted by atomic mass is 127. The highest BCUT2D eigenvalue weighted by Gasteiger charge is 2.30. The number of nitrogens with zero attached hydrogens (tertiary/aromatic N) is 1. The summed E-state index contributed by atoms with van der Waals surface area (Å²) in [6, 6.07) is 0.953. The Hall–Kier alpha value is -0.0500. The maximum absolute atomic E-state index is 12.8. The third-order valence-corrected chi connectivity index (χ3v) is 2.35. The molecule has 7 heteroatoms. The molecule has 0 amide bonds. The van der Waals surface area contributed by atoms with E-state index in [0.717, 1.165) is 12.3 Å². The van der Waals surface area contributed by atoms with Gasteiger partial charge in [-0.25, -0.2) is 9.37 Å². The minimum absolute atomic E-state index is 0.321.